The number of amides is 1. The summed E-state index contributed by atoms with van der Waals surface area (Å²) in [6.45, 7) is 6.63. The van der Waals surface area contributed by atoms with Crippen LogP contribution in [0.5, 0.6) is 0 Å². The van der Waals surface area contributed by atoms with Gasteiger partial charge in [-0.15, -0.1) is 12.6 Å². The molecule has 0 spiro atoms. The highest BCUT2D eigenvalue weighted by atomic mass is 32.1. The first kappa shape index (κ1) is 20.7. The molecule has 0 aliphatic heterocycles. The molecule has 2 aromatic carbocycles. The SMILES string of the molecule is C=C(/C=C\C(=O)N(C)Cc1cccc(C(=O)S)c1)c1cccc(CCC)c1. The molecule has 0 radical (unpaired) electrons. The summed E-state index contributed by atoms with van der Waals surface area (Å²) >= 11 is 3.84. The lowest BCUT2D eigenvalue weighted by atomic mass is 10.0. The maximum absolute atomic E-state index is 12.4. The van der Waals surface area contributed by atoms with Crippen molar-refractivity contribution in [3.8, 4) is 0 Å². The van der Waals surface area contributed by atoms with Crippen LogP contribution < -0.4 is 0 Å². The summed E-state index contributed by atoms with van der Waals surface area (Å²) in [4.78, 5) is 25.3. The Labute approximate surface area is 166 Å². The van der Waals surface area contributed by atoms with Gasteiger partial charge in [-0.05, 0) is 40.8 Å². The van der Waals surface area contributed by atoms with Gasteiger partial charge >= 0.3 is 0 Å². The molecule has 2 aromatic rings. The van der Waals surface area contributed by atoms with E-state index in [9.17, 15) is 9.59 Å². The van der Waals surface area contributed by atoms with E-state index in [0.717, 1.165) is 29.5 Å². The zero-order valence-corrected chi connectivity index (χ0v) is 16.7. The molecule has 0 fully saturated rings. The highest BCUT2D eigenvalue weighted by Crippen LogP contribution is 2.17. The average Bonchev–Trinajstić information content (AvgIpc) is 2.66. The van der Waals surface area contributed by atoms with E-state index in [4.69, 9.17) is 0 Å². The largest absolute Gasteiger partial charge is 0.338 e. The Kier molecular flexibility index (Phi) is 7.62. The van der Waals surface area contributed by atoms with Crippen molar-refractivity contribution >= 4 is 29.2 Å². The van der Waals surface area contributed by atoms with Gasteiger partial charge in [0.2, 0.25) is 11.0 Å². The fourth-order valence-electron chi connectivity index (χ4n) is 2.77. The summed E-state index contributed by atoms with van der Waals surface area (Å²) in [5.74, 6) is -0.122. The van der Waals surface area contributed by atoms with Crippen molar-refractivity contribution in [2.24, 2.45) is 0 Å². The fraction of sp³-hybridized carbons (Fsp3) is 0.217. The molecule has 0 bridgehead atoms. The number of carbonyl (C=O) groups excluding carboxylic acids is 2. The van der Waals surface area contributed by atoms with Gasteiger partial charge in [-0.3, -0.25) is 9.59 Å². The van der Waals surface area contributed by atoms with Crippen molar-refractivity contribution in [1.82, 2.24) is 4.90 Å². The third-order valence-corrected chi connectivity index (χ3v) is 4.49. The Morgan fingerprint density at radius 2 is 1.67 bits per heavy atom. The number of allylic oxidation sites excluding steroid dienone is 2. The molecule has 140 valence electrons. The number of likely N-dealkylation sites (N-methyl/N-ethyl adjacent to an activating group) is 1. The lowest BCUT2D eigenvalue weighted by molar-refractivity contribution is -0.125. The van der Waals surface area contributed by atoms with Crippen LogP contribution in [0.25, 0.3) is 5.57 Å². The minimum Gasteiger partial charge on any atom is -0.338 e. The molecule has 0 saturated heterocycles. The molecule has 0 heterocycles. The maximum atomic E-state index is 12.4. The lowest BCUT2D eigenvalue weighted by Crippen LogP contribution is -2.24. The number of nitrogens with zero attached hydrogens (tertiary/aromatic N) is 1. The molecule has 2 rings (SSSR count). The normalized spacial score (nSPS) is 10.8. The Morgan fingerprint density at radius 3 is 2.33 bits per heavy atom. The highest BCUT2D eigenvalue weighted by Gasteiger charge is 2.08. The smallest absolute Gasteiger partial charge is 0.246 e. The topological polar surface area (TPSA) is 37.4 Å². The first-order valence-corrected chi connectivity index (χ1v) is 9.39. The van der Waals surface area contributed by atoms with E-state index < -0.39 is 0 Å². The molecule has 3 nitrogen and oxygen atoms in total. The minimum atomic E-state index is -0.285. The van der Waals surface area contributed by atoms with Crippen molar-refractivity contribution in [1.29, 1.82) is 0 Å². The van der Waals surface area contributed by atoms with E-state index in [2.05, 4.69) is 38.3 Å². The summed E-state index contributed by atoms with van der Waals surface area (Å²) in [6.07, 6.45) is 5.40. The summed E-state index contributed by atoms with van der Waals surface area (Å²) in [7, 11) is 1.73. The fourth-order valence-corrected chi connectivity index (χ4v) is 2.90. The van der Waals surface area contributed by atoms with Crippen LogP contribution in [-0.2, 0) is 17.8 Å². The number of thiol groups is 1. The molecular formula is C23H25NO2S. The number of hydrogen-bond acceptors (Lipinski definition) is 2. The van der Waals surface area contributed by atoms with Crippen molar-refractivity contribution in [2.75, 3.05) is 7.05 Å². The van der Waals surface area contributed by atoms with E-state index in [1.807, 2.05) is 18.2 Å². The van der Waals surface area contributed by atoms with Gasteiger partial charge in [0, 0.05) is 25.2 Å². The molecule has 0 aromatic heterocycles. The molecule has 0 atom stereocenters. The van der Waals surface area contributed by atoms with Crippen LogP contribution in [0, 0.1) is 0 Å². The molecule has 4 heteroatoms. The van der Waals surface area contributed by atoms with Gasteiger partial charge in [-0.2, -0.15) is 0 Å². The first-order chi connectivity index (χ1) is 12.9. The number of benzene rings is 2. The standard InChI is InChI=1S/C23H25NO2S/c1-4-7-18-8-5-10-20(14-18)17(2)12-13-22(25)24(3)16-19-9-6-11-21(15-19)23(26)27/h5-6,8-15H,2,4,7,16H2,1,3H3,(H,26,27)/b13-12-. The van der Waals surface area contributed by atoms with E-state index in [1.165, 1.54) is 11.6 Å². The van der Waals surface area contributed by atoms with Gasteiger partial charge in [-0.1, -0.05) is 62.4 Å². The van der Waals surface area contributed by atoms with Gasteiger partial charge in [0.1, 0.15) is 0 Å². The number of hydrogen-bond donors (Lipinski definition) is 1. The lowest BCUT2D eigenvalue weighted by Gasteiger charge is -2.15. The molecule has 0 aliphatic rings. The summed E-state index contributed by atoms with van der Waals surface area (Å²) in [6, 6.07) is 15.4. The third kappa shape index (κ3) is 6.26. The van der Waals surface area contributed by atoms with E-state index >= 15 is 0 Å². The second kappa shape index (κ2) is 9.93. The van der Waals surface area contributed by atoms with Gasteiger partial charge in [-0.25, -0.2) is 0 Å². The number of rotatable bonds is 8. The molecule has 0 N–H and O–H groups in total. The summed E-state index contributed by atoms with van der Waals surface area (Å²) < 4.78 is 0. The number of carbonyl (C=O) groups is 2. The van der Waals surface area contributed by atoms with Crippen molar-refractivity contribution < 1.29 is 9.59 Å². The van der Waals surface area contributed by atoms with Gasteiger partial charge in [0.25, 0.3) is 0 Å². The molecule has 0 saturated carbocycles. The zero-order chi connectivity index (χ0) is 19.8. The summed E-state index contributed by atoms with van der Waals surface area (Å²) in [5, 5.41) is -0.285. The molecule has 0 unspecified atom stereocenters. The summed E-state index contributed by atoms with van der Waals surface area (Å²) in [5.41, 5.74) is 4.49. The van der Waals surface area contributed by atoms with Gasteiger partial charge in [0.05, 0.1) is 0 Å². The molecule has 27 heavy (non-hydrogen) atoms. The Bertz CT molecular complexity index is 870. The average molecular weight is 380 g/mol. The van der Waals surface area contributed by atoms with Gasteiger partial charge < -0.3 is 4.90 Å². The van der Waals surface area contributed by atoms with Crippen LogP contribution in [0.1, 0.15) is 40.4 Å². The van der Waals surface area contributed by atoms with Gasteiger partial charge in [0.15, 0.2) is 0 Å². The minimum absolute atomic E-state index is 0.122. The van der Waals surface area contributed by atoms with E-state index in [1.54, 1.807) is 36.2 Å². The van der Waals surface area contributed by atoms with Crippen molar-refractivity contribution in [2.45, 2.75) is 26.3 Å². The maximum Gasteiger partial charge on any atom is 0.246 e. The molecular weight excluding hydrogens is 354 g/mol. The first-order valence-electron chi connectivity index (χ1n) is 8.94. The second-order valence-corrected chi connectivity index (χ2v) is 6.91. The Hall–Kier alpha value is -2.59. The Morgan fingerprint density at radius 1 is 1.04 bits per heavy atom. The van der Waals surface area contributed by atoms with Crippen LogP contribution in [0.2, 0.25) is 0 Å². The molecule has 0 aliphatic carbocycles. The Balaban J connectivity index is 2.01. The highest BCUT2D eigenvalue weighted by molar-refractivity contribution is 7.97. The van der Waals surface area contributed by atoms with Crippen molar-refractivity contribution in [3.63, 3.8) is 0 Å². The predicted octanol–water partition coefficient (Wildman–Crippen LogP) is 4.94. The predicted molar refractivity (Wildman–Crippen MR) is 115 cm³/mol. The third-order valence-electron chi connectivity index (χ3n) is 4.23. The van der Waals surface area contributed by atoms with Crippen LogP contribution in [0.3, 0.4) is 0 Å². The zero-order valence-electron chi connectivity index (χ0n) is 15.8. The molecule has 1 amide bonds. The van der Waals surface area contributed by atoms with Crippen LogP contribution in [-0.4, -0.2) is 23.0 Å². The second-order valence-electron chi connectivity index (χ2n) is 6.51. The monoisotopic (exact) mass is 379 g/mol. The van der Waals surface area contributed by atoms with Crippen molar-refractivity contribution in [3.05, 3.63) is 89.5 Å². The number of aryl methyl sites for hydroxylation is 1. The van der Waals surface area contributed by atoms with E-state index in [0.29, 0.717) is 12.1 Å². The van der Waals surface area contributed by atoms with Crippen LogP contribution in [0.4, 0.5) is 0 Å². The van der Waals surface area contributed by atoms with E-state index in [-0.39, 0.29) is 11.0 Å². The quantitative estimate of drug-likeness (QED) is 0.401. The van der Waals surface area contributed by atoms with Crippen LogP contribution >= 0.6 is 12.6 Å². The van der Waals surface area contributed by atoms with Crippen LogP contribution in [0.15, 0.2) is 67.3 Å².